The molecule has 0 spiro atoms. The minimum absolute atomic E-state index is 0.292. The Hall–Kier alpha value is -2.11. The lowest BCUT2D eigenvalue weighted by atomic mass is 10.1. The van der Waals surface area contributed by atoms with Crippen molar-refractivity contribution in [2.75, 3.05) is 30.8 Å². The molecule has 25 heavy (non-hydrogen) atoms. The number of hydrogen-bond acceptors (Lipinski definition) is 4. The van der Waals surface area contributed by atoms with E-state index >= 15 is 0 Å². The van der Waals surface area contributed by atoms with Gasteiger partial charge in [-0.25, -0.2) is 4.98 Å². The summed E-state index contributed by atoms with van der Waals surface area (Å²) in [5, 5.41) is 6.23. The largest absolute Gasteiger partial charge is 0.367 e. The average molecular weight is 361 g/mol. The lowest BCUT2D eigenvalue weighted by molar-refractivity contribution is -0.112. The highest BCUT2D eigenvalue weighted by Crippen LogP contribution is 2.16. The van der Waals surface area contributed by atoms with Gasteiger partial charge in [-0.1, -0.05) is 35.9 Å². The van der Waals surface area contributed by atoms with Crippen LogP contribution in [0.4, 0.5) is 11.6 Å². The Morgan fingerprint density at radius 2 is 2.00 bits per heavy atom. The lowest BCUT2D eigenvalue weighted by Crippen LogP contribution is -2.36. The first-order chi connectivity index (χ1) is 12.1. The summed E-state index contributed by atoms with van der Waals surface area (Å²) in [4.78, 5) is 19.1. The predicted octanol–water partition coefficient (Wildman–Crippen LogP) is 3.78. The lowest BCUT2D eigenvalue weighted by Gasteiger charge is -2.29. The molecule has 0 saturated carbocycles. The van der Waals surface area contributed by atoms with Gasteiger partial charge < -0.3 is 15.5 Å². The van der Waals surface area contributed by atoms with Crippen LogP contribution in [-0.2, 0) is 4.79 Å². The van der Waals surface area contributed by atoms with Crippen molar-refractivity contribution in [2.24, 2.45) is 0 Å². The third-order valence-electron chi connectivity index (χ3n) is 4.02. The fourth-order valence-corrected chi connectivity index (χ4v) is 2.74. The van der Waals surface area contributed by atoms with Crippen LogP contribution in [-0.4, -0.2) is 42.0 Å². The highest BCUT2D eigenvalue weighted by molar-refractivity contribution is 6.28. The molecule has 1 saturated heterocycles. The molecule has 0 unspecified atom stereocenters. The van der Waals surface area contributed by atoms with E-state index in [-0.39, 0.29) is 5.91 Å². The Bertz CT molecular complexity index is 661. The summed E-state index contributed by atoms with van der Waals surface area (Å²) in [6.07, 6.45) is 9.30. The second kappa shape index (κ2) is 10.0. The summed E-state index contributed by atoms with van der Waals surface area (Å²) in [6.45, 7) is 4.06. The van der Waals surface area contributed by atoms with Crippen LogP contribution >= 0.6 is 11.6 Å². The van der Waals surface area contributed by atoms with E-state index in [0.717, 1.165) is 31.7 Å². The van der Waals surface area contributed by atoms with E-state index in [4.69, 9.17) is 11.6 Å². The third kappa shape index (κ3) is 6.36. The number of likely N-dealkylation sites (tertiary alicyclic amines) is 1. The Balaban J connectivity index is 1.97. The van der Waals surface area contributed by atoms with Crippen molar-refractivity contribution in [3.63, 3.8) is 0 Å². The molecule has 1 aromatic rings. The van der Waals surface area contributed by atoms with Crippen molar-refractivity contribution in [1.29, 1.82) is 0 Å². The third-order valence-corrected chi connectivity index (χ3v) is 4.26. The molecule has 0 aliphatic carbocycles. The topological polar surface area (TPSA) is 57.3 Å². The number of rotatable bonds is 6. The molecule has 6 heteroatoms. The van der Waals surface area contributed by atoms with E-state index in [2.05, 4.69) is 27.6 Å². The van der Waals surface area contributed by atoms with Crippen LogP contribution < -0.4 is 10.6 Å². The number of carbonyl (C=O) groups excluding carboxylic acids is 1. The van der Waals surface area contributed by atoms with Crippen LogP contribution in [0.3, 0.4) is 0 Å². The normalized spacial score (nSPS) is 17.3. The van der Waals surface area contributed by atoms with Crippen LogP contribution in [0.5, 0.6) is 0 Å². The number of nitrogens with zero attached hydrogens (tertiary/aromatic N) is 2. The summed E-state index contributed by atoms with van der Waals surface area (Å²) in [5.41, 5.74) is 1.63. The van der Waals surface area contributed by atoms with Crippen LogP contribution in [0.2, 0.25) is 0 Å². The first kappa shape index (κ1) is 19.2. The predicted molar refractivity (Wildman–Crippen MR) is 105 cm³/mol. The number of allylic oxidation sites excluding steroid dienone is 3. The summed E-state index contributed by atoms with van der Waals surface area (Å²) in [7, 11) is 2.14. The number of hydrogen-bond donors (Lipinski definition) is 2. The number of anilines is 2. The van der Waals surface area contributed by atoms with E-state index in [0.29, 0.717) is 17.4 Å². The number of amides is 1. The highest BCUT2D eigenvalue weighted by Gasteiger charge is 2.16. The van der Waals surface area contributed by atoms with Crippen molar-refractivity contribution in [1.82, 2.24) is 9.88 Å². The molecule has 0 atom stereocenters. The standard InChI is InChI=1S/C19H25ClN4O/c1-3-4-5-7-15(14-20)19(25)23-18-9-6-8-17(22-18)21-16-10-12-24(2)13-11-16/h3-9,14,16H,10-13H2,1-2H3,(H2,21,22,23,25)/b4-3-,7-5-,15-14-. The fraction of sp³-hybridized carbons (Fsp3) is 0.368. The van der Waals surface area contributed by atoms with E-state index in [1.165, 1.54) is 5.54 Å². The van der Waals surface area contributed by atoms with Crippen molar-refractivity contribution < 1.29 is 4.79 Å². The first-order valence-corrected chi connectivity index (χ1v) is 8.89. The Labute approximate surface area is 154 Å². The maximum Gasteiger partial charge on any atom is 0.257 e. The summed E-state index contributed by atoms with van der Waals surface area (Å²) in [5.74, 6) is 0.978. The van der Waals surface area contributed by atoms with Crippen LogP contribution in [0.15, 0.2) is 53.6 Å². The molecule has 1 fully saturated rings. The number of nitrogens with one attached hydrogen (secondary N) is 2. The molecule has 2 rings (SSSR count). The summed E-state index contributed by atoms with van der Waals surface area (Å²) >= 11 is 5.74. The molecule has 0 bridgehead atoms. The Kier molecular flexibility index (Phi) is 7.70. The second-order valence-corrected chi connectivity index (χ2v) is 6.25. The van der Waals surface area contributed by atoms with Crippen molar-refractivity contribution >= 4 is 29.1 Å². The van der Waals surface area contributed by atoms with Crippen LogP contribution in [0.1, 0.15) is 19.8 Å². The van der Waals surface area contributed by atoms with Gasteiger partial charge in [0.2, 0.25) is 0 Å². The molecule has 2 heterocycles. The molecule has 0 aromatic carbocycles. The zero-order valence-electron chi connectivity index (χ0n) is 14.7. The maximum atomic E-state index is 12.3. The molecular formula is C19H25ClN4O. The number of piperidine rings is 1. The van der Waals surface area contributed by atoms with Gasteiger partial charge in [-0.3, -0.25) is 4.79 Å². The zero-order chi connectivity index (χ0) is 18.1. The van der Waals surface area contributed by atoms with Gasteiger partial charge in [-0.2, -0.15) is 0 Å². The van der Waals surface area contributed by atoms with Crippen molar-refractivity contribution in [2.45, 2.75) is 25.8 Å². The van der Waals surface area contributed by atoms with Gasteiger partial charge in [0.05, 0.1) is 5.57 Å². The quantitative estimate of drug-likeness (QED) is 0.598. The van der Waals surface area contributed by atoms with Crippen LogP contribution in [0.25, 0.3) is 0 Å². The molecule has 1 aromatic heterocycles. The van der Waals surface area contributed by atoms with E-state index in [9.17, 15) is 4.79 Å². The fourth-order valence-electron chi connectivity index (χ4n) is 2.57. The SMILES string of the molecule is C\C=C/C=C\C(=C\Cl)C(=O)Nc1cccc(NC2CCN(C)CC2)n1. The molecule has 134 valence electrons. The van der Waals surface area contributed by atoms with Crippen molar-refractivity contribution in [3.8, 4) is 0 Å². The number of halogens is 1. The Morgan fingerprint density at radius 3 is 2.68 bits per heavy atom. The van der Waals surface area contributed by atoms with E-state index in [1.54, 1.807) is 18.2 Å². The summed E-state index contributed by atoms with van der Waals surface area (Å²) < 4.78 is 0. The molecule has 1 aliphatic rings. The van der Waals surface area contributed by atoms with E-state index < -0.39 is 0 Å². The molecular weight excluding hydrogens is 336 g/mol. The van der Waals surface area contributed by atoms with Crippen LogP contribution in [0, 0.1) is 0 Å². The Morgan fingerprint density at radius 1 is 1.28 bits per heavy atom. The monoisotopic (exact) mass is 360 g/mol. The van der Waals surface area contributed by atoms with Gasteiger partial charge in [0.25, 0.3) is 5.91 Å². The van der Waals surface area contributed by atoms with Gasteiger partial charge in [0.15, 0.2) is 0 Å². The van der Waals surface area contributed by atoms with Crippen molar-refractivity contribution in [3.05, 3.63) is 53.6 Å². The van der Waals surface area contributed by atoms with Gasteiger partial charge in [0, 0.05) is 11.6 Å². The first-order valence-electron chi connectivity index (χ1n) is 8.45. The average Bonchev–Trinajstić information content (AvgIpc) is 2.61. The molecule has 1 aliphatic heterocycles. The number of carbonyl (C=O) groups is 1. The molecule has 1 amide bonds. The summed E-state index contributed by atoms with van der Waals surface area (Å²) in [6, 6.07) is 5.97. The van der Waals surface area contributed by atoms with E-state index in [1.807, 2.05) is 31.2 Å². The highest BCUT2D eigenvalue weighted by atomic mass is 35.5. The smallest absolute Gasteiger partial charge is 0.257 e. The minimum Gasteiger partial charge on any atom is -0.367 e. The second-order valence-electron chi connectivity index (χ2n) is 6.03. The zero-order valence-corrected chi connectivity index (χ0v) is 15.5. The molecule has 2 N–H and O–H groups in total. The number of pyridine rings is 1. The molecule has 5 nitrogen and oxygen atoms in total. The van der Waals surface area contributed by atoms with Gasteiger partial charge in [0.1, 0.15) is 11.6 Å². The van der Waals surface area contributed by atoms with Gasteiger partial charge in [-0.15, -0.1) is 0 Å². The maximum absolute atomic E-state index is 12.3. The van der Waals surface area contributed by atoms with Gasteiger partial charge in [-0.05, 0) is 58.1 Å². The van der Waals surface area contributed by atoms with Gasteiger partial charge >= 0.3 is 0 Å². The number of aromatic nitrogens is 1. The molecule has 0 radical (unpaired) electrons. The minimum atomic E-state index is -0.292.